The SMILES string of the molecule is Cc1cccnc1[C@@H]1CCC[C@H](c2nc3ccccc3n2C2CCN(C)CC2)N1C. The number of imidazole rings is 1. The normalized spacial score (nSPS) is 24.5. The third-order valence-electron chi connectivity index (χ3n) is 7.28. The topological polar surface area (TPSA) is 37.2 Å². The second-order valence-electron chi connectivity index (χ2n) is 9.20. The molecule has 2 aliphatic heterocycles. The van der Waals surface area contributed by atoms with Crippen LogP contribution in [0.4, 0.5) is 0 Å². The van der Waals surface area contributed by atoms with E-state index in [4.69, 9.17) is 9.97 Å². The first kappa shape index (κ1) is 19.7. The molecule has 0 bridgehead atoms. The van der Waals surface area contributed by atoms with E-state index in [1.165, 1.54) is 48.3 Å². The predicted molar refractivity (Wildman–Crippen MR) is 122 cm³/mol. The van der Waals surface area contributed by atoms with Gasteiger partial charge in [0.15, 0.2) is 0 Å². The summed E-state index contributed by atoms with van der Waals surface area (Å²) >= 11 is 0. The summed E-state index contributed by atoms with van der Waals surface area (Å²) < 4.78 is 2.59. The van der Waals surface area contributed by atoms with Crippen molar-refractivity contribution in [2.45, 2.75) is 57.2 Å². The van der Waals surface area contributed by atoms with Gasteiger partial charge in [0.25, 0.3) is 0 Å². The molecule has 158 valence electrons. The molecule has 2 aromatic heterocycles. The highest BCUT2D eigenvalue weighted by molar-refractivity contribution is 5.76. The van der Waals surface area contributed by atoms with Crippen LogP contribution in [0.5, 0.6) is 0 Å². The number of rotatable bonds is 3. The van der Waals surface area contributed by atoms with Crippen LogP contribution in [0.25, 0.3) is 11.0 Å². The van der Waals surface area contributed by atoms with Crippen molar-refractivity contribution in [3.05, 3.63) is 59.7 Å². The fourth-order valence-corrected chi connectivity index (χ4v) is 5.55. The summed E-state index contributed by atoms with van der Waals surface area (Å²) in [5.74, 6) is 1.26. The lowest BCUT2D eigenvalue weighted by molar-refractivity contribution is 0.100. The number of hydrogen-bond donors (Lipinski definition) is 0. The Kier molecular flexibility index (Phi) is 5.34. The molecule has 3 aromatic rings. The summed E-state index contributed by atoms with van der Waals surface area (Å²) in [6.45, 7) is 4.51. The van der Waals surface area contributed by atoms with Gasteiger partial charge in [-0.3, -0.25) is 9.88 Å². The first-order chi connectivity index (χ1) is 14.6. The molecule has 4 heterocycles. The molecule has 30 heavy (non-hydrogen) atoms. The summed E-state index contributed by atoms with van der Waals surface area (Å²) in [6, 6.07) is 14.2. The van der Waals surface area contributed by atoms with Crippen molar-refractivity contribution in [3.8, 4) is 0 Å². The van der Waals surface area contributed by atoms with Gasteiger partial charge in [0.05, 0.1) is 28.8 Å². The third-order valence-corrected chi connectivity index (χ3v) is 7.28. The number of aryl methyl sites for hydroxylation is 1. The zero-order valence-corrected chi connectivity index (χ0v) is 18.5. The third kappa shape index (κ3) is 3.44. The molecule has 0 N–H and O–H groups in total. The number of para-hydroxylation sites is 2. The second kappa shape index (κ2) is 8.12. The number of fused-ring (bicyclic) bond motifs is 1. The zero-order valence-electron chi connectivity index (χ0n) is 18.5. The Morgan fingerprint density at radius 2 is 1.67 bits per heavy atom. The maximum absolute atomic E-state index is 5.22. The average Bonchev–Trinajstić information content (AvgIpc) is 3.14. The molecule has 0 radical (unpaired) electrons. The van der Waals surface area contributed by atoms with Gasteiger partial charge in [-0.2, -0.15) is 0 Å². The molecule has 0 spiro atoms. The molecule has 0 amide bonds. The highest BCUT2D eigenvalue weighted by Gasteiger charge is 2.35. The minimum absolute atomic E-state index is 0.331. The van der Waals surface area contributed by atoms with Gasteiger partial charge < -0.3 is 9.47 Å². The van der Waals surface area contributed by atoms with Gasteiger partial charge in [-0.15, -0.1) is 0 Å². The van der Waals surface area contributed by atoms with Crippen molar-refractivity contribution < 1.29 is 0 Å². The Balaban J connectivity index is 1.55. The number of benzene rings is 1. The molecular formula is C25H33N5. The molecule has 5 rings (SSSR count). The largest absolute Gasteiger partial charge is 0.323 e. The van der Waals surface area contributed by atoms with Gasteiger partial charge >= 0.3 is 0 Å². The van der Waals surface area contributed by atoms with E-state index < -0.39 is 0 Å². The fraction of sp³-hybridized carbons (Fsp3) is 0.520. The van der Waals surface area contributed by atoms with E-state index in [0.717, 1.165) is 25.0 Å². The maximum Gasteiger partial charge on any atom is 0.127 e. The van der Waals surface area contributed by atoms with E-state index >= 15 is 0 Å². The van der Waals surface area contributed by atoms with Gasteiger partial charge in [-0.05, 0) is 90.0 Å². The number of likely N-dealkylation sites (tertiary alicyclic amines) is 2. The van der Waals surface area contributed by atoms with Crippen molar-refractivity contribution in [1.29, 1.82) is 0 Å². The summed E-state index contributed by atoms with van der Waals surface area (Å²) in [4.78, 5) is 15.0. The van der Waals surface area contributed by atoms with E-state index in [9.17, 15) is 0 Å². The molecule has 2 aliphatic rings. The van der Waals surface area contributed by atoms with Crippen molar-refractivity contribution in [1.82, 2.24) is 24.3 Å². The van der Waals surface area contributed by atoms with E-state index in [2.05, 4.69) is 65.7 Å². The van der Waals surface area contributed by atoms with Crippen LogP contribution in [-0.4, -0.2) is 51.5 Å². The molecule has 2 fully saturated rings. The molecule has 0 aliphatic carbocycles. The number of piperidine rings is 2. The van der Waals surface area contributed by atoms with Gasteiger partial charge in [0.1, 0.15) is 5.82 Å². The minimum atomic E-state index is 0.331. The van der Waals surface area contributed by atoms with Gasteiger partial charge in [0, 0.05) is 12.2 Å². The molecular weight excluding hydrogens is 370 g/mol. The average molecular weight is 404 g/mol. The van der Waals surface area contributed by atoms with Gasteiger partial charge in [-0.25, -0.2) is 4.98 Å². The van der Waals surface area contributed by atoms with E-state index in [1.54, 1.807) is 0 Å². The van der Waals surface area contributed by atoms with Crippen LogP contribution in [0.1, 0.15) is 67.3 Å². The van der Waals surface area contributed by atoms with Crippen molar-refractivity contribution in [2.75, 3.05) is 27.2 Å². The Labute approximate surface area is 179 Å². The van der Waals surface area contributed by atoms with Crippen LogP contribution in [0.2, 0.25) is 0 Å². The summed E-state index contributed by atoms with van der Waals surface area (Å²) in [6.07, 6.45) is 7.88. The van der Waals surface area contributed by atoms with Crippen LogP contribution >= 0.6 is 0 Å². The summed E-state index contributed by atoms with van der Waals surface area (Å²) in [5.41, 5.74) is 4.95. The molecule has 5 heteroatoms. The highest BCUT2D eigenvalue weighted by Crippen LogP contribution is 2.42. The number of hydrogen-bond acceptors (Lipinski definition) is 4. The Morgan fingerprint density at radius 1 is 0.900 bits per heavy atom. The lowest BCUT2D eigenvalue weighted by Gasteiger charge is -2.40. The predicted octanol–water partition coefficient (Wildman–Crippen LogP) is 4.90. The number of nitrogens with zero attached hydrogens (tertiary/aromatic N) is 5. The van der Waals surface area contributed by atoms with Crippen LogP contribution < -0.4 is 0 Å². The molecule has 2 atom stereocenters. The summed E-state index contributed by atoms with van der Waals surface area (Å²) in [7, 11) is 4.51. The Bertz CT molecular complexity index is 1020. The monoisotopic (exact) mass is 403 g/mol. The van der Waals surface area contributed by atoms with Crippen molar-refractivity contribution >= 4 is 11.0 Å². The van der Waals surface area contributed by atoms with E-state index in [1.807, 2.05) is 12.3 Å². The molecule has 1 aromatic carbocycles. The Hall–Kier alpha value is -2.24. The fourth-order valence-electron chi connectivity index (χ4n) is 5.55. The zero-order chi connectivity index (χ0) is 20.7. The summed E-state index contributed by atoms with van der Waals surface area (Å²) in [5, 5.41) is 0. The van der Waals surface area contributed by atoms with Gasteiger partial charge in [0.2, 0.25) is 0 Å². The number of pyridine rings is 1. The van der Waals surface area contributed by atoms with E-state index in [-0.39, 0.29) is 0 Å². The van der Waals surface area contributed by atoms with Crippen molar-refractivity contribution in [3.63, 3.8) is 0 Å². The van der Waals surface area contributed by atoms with Crippen LogP contribution in [0.3, 0.4) is 0 Å². The lowest BCUT2D eigenvalue weighted by atomic mass is 9.91. The molecule has 2 saturated heterocycles. The molecule has 5 nitrogen and oxygen atoms in total. The molecule has 0 unspecified atom stereocenters. The second-order valence-corrected chi connectivity index (χ2v) is 9.20. The van der Waals surface area contributed by atoms with E-state index in [0.29, 0.717) is 18.1 Å². The maximum atomic E-state index is 5.22. The molecule has 0 saturated carbocycles. The van der Waals surface area contributed by atoms with Crippen LogP contribution in [0, 0.1) is 6.92 Å². The van der Waals surface area contributed by atoms with Crippen molar-refractivity contribution in [2.24, 2.45) is 0 Å². The first-order valence-electron chi connectivity index (χ1n) is 11.4. The minimum Gasteiger partial charge on any atom is -0.323 e. The highest BCUT2D eigenvalue weighted by atomic mass is 15.2. The van der Waals surface area contributed by atoms with Crippen LogP contribution in [0.15, 0.2) is 42.6 Å². The lowest BCUT2D eigenvalue weighted by Crippen LogP contribution is -2.37. The number of aromatic nitrogens is 3. The quantitative estimate of drug-likeness (QED) is 0.623. The standard InChI is InChI=1S/C25H33N5/c1-18-8-7-15-26-24(18)22-11-6-12-23(29(22)3)25-27-20-9-4-5-10-21(20)30(25)19-13-16-28(2)17-14-19/h4-5,7-10,15,19,22-23H,6,11-14,16-17H2,1-3H3/t22-,23+/m0/s1. The Morgan fingerprint density at radius 3 is 2.47 bits per heavy atom. The smallest absolute Gasteiger partial charge is 0.127 e. The van der Waals surface area contributed by atoms with Crippen LogP contribution in [-0.2, 0) is 0 Å². The first-order valence-corrected chi connectivity index (χ1v) is 11.4. The van der Waals surface area contributed by atoms with Gasteiger partial charge in [-0.1, -0.05) is 18.2 Å².